The lowest BCUT2D eigenvalue weighted by atomic mass is 10.3. The molecule has 20 heavy (non-hydrogen) atoms. The predicted molar refractivity (Wildman–Crippen MR) is 71.6 cm³/mol. The van der Waals surface area contributed by atoms with Crippen LogP contribution < -0.4 is 5.32 Å². The summed E-state index contributed by atoms with van der Waals surface area (Å²) in [7, 11) is 0. The average Bonchev–Trinajstić information content (AvgIpc) is 2.98. The second-order valence-corrected chi connectivity index (χ2v) is 3.91. The monoisotopic (exact) mass is 271 g/mol. The molecule has 0 saturated heterocycles. The van der Waals surface area contributed by atoms with Gasteiger partial charge >= 0.3 is 0 Å². The van der Waals surface area contributed by atoms with E-state index in [1.165, 1.54) is 17.3 Å². The maximum Gasteiger partial charge on any atom is 0.250 e. The first-order valence-corrected chi connectivity index (χ1v) is 5.92. The molecule has 0 aromatic carbocycles. The molecule has 1 unspecified atom stereocenters. The highest BCUT2D eigenvalue weighted by Crippen LogP contribution is 2.09. The van der Waals surface area contributed by atoms with Crippen LogP contribution in [0.3, 0.4) is 0 Å². The Bertz CT molecular complexity index is 642. The Morgan fingerprint density at radius 1 is 1.55 bits per heavy atom. The van der Waals surface area contributed by atoms with Crippen LogP contribution in [0.1, 0.15) is 18.7 Å². The number of nitrogens with one attached hydrogen (secondary N) is 1. The van der Waals surface area contributed by atoms with E-state index in [0.717, 1.165) is 0 Å². The SMILES string of the molecule is CC(C(=O)Nc1cccc(C#CCO)n1)n1cncn1. The van der Waals surface area contributed by atoms with Crippen molar-refractivity contribution >= 4 is 11.7 Å². The summed E-state index contributed by atoms with van der Waals surface area (Å²) in [6.07, 6.45) is 2.84. The summed E-state index contributed by atoms with van der Waals surface area (Å²) >= 11 is 0. The van der Waals surface area contributed by atoms with Crippen LogP contribution in [0, 0.1) is 11.8 Å². The summed E-state index contributed by atoms with van der Waals surface area (Å²) in [6.45, 7) is 1.47. The molecule has 2 aromatic heterocycles. The molecule has 0 bridgehead atoms. The number of aliphatic hydroxyl groups excluding tert-OH is 1. The smallest absolute Gasteiger partial charge is 0.250 e. The summed E-state index contributed by atoms with van der Waals surface area (Å²) in [5.74, 6) is 5.31. The van der Waals surface area contributed by atoms with Crippen LogP contribution in [-0.4, -0.2) is 37.4 Å². The van der Waals surface area contributed by atoms with Crippen molar-refractivity contribution in [3.8, 4) is 11.8 Å². The Morgan fingerprint density at radius 2 is 2.40 bits per heavy atom. The lowest BCUT2D eigenvalue weighted by Crippen LogP contribution is -2.24. The van der Waals surface area contributed by atoms with Crippen molar-refractivity contribution < 1.29 is 9.90 Å². The second-order valence-electron chi connectivity index (χ2n) is 3.91. The van der Waals surface area contributed by atoms with Gasteiger partial charge in [0.1, 0.15) is 36.8 Å². The van der Waals surface area contributed by atoms with Gasteiger partial charge in [-0.05, 0) is 25.0 Å². The van der Waals surface area contributed by atoms with Crippen LogP contribution in [-0.2, 0) is 4.79 Å². The van der Waals surface area contributed by atoms with Gasteiger partial charge in [0.25, 0.3) is 0 Å². The van der Waals surface area contributed by atoms with Gasteiger partial charge in [-0.1, -0.05) is 12.0 Å². The quantitative estimate of drug-likeness (QED) is 0.779. The third kappa shape index (κ3) is 3.40. The fraction of sp³-hybridized carbons (Fsp3) is 0.231. The number of pyridine rings is 1. The Kier molecular flexibility index (Phi) is 4.42. The van der Waals surface area contributed by atoms with E-state index in [2.05, 4.69) is 32.2 Å². The summed E-state index contributed by atoms with van der Waals surface area (Å²) in [5.41, 5.74) is 0.477. The highest BCUT2D eigenvalue weighted by molar-refractivity contribution is 5.92. The summed E-state index contributed by atoms with van der Waals surface area (Å²) in [4.78, 5) is 20.0. The number of amides is 1. The maximum atomic E-state index is 12.0. The summed E-state index contributed by atoms with van der Waals surface area (Å²) < 4.78 is 1.45. The predicted octanol–water partition coefficient (Wildman–Crippen LogP) is 0.217. The fourth-order valence-electron chi connectivity index (χ4n) is 1.47. The van der Waals surface area contributed by atoms with Gasteiger partial charge in [-0.25, -0.2) is 14.6 Å². The third-order valence-electron chi connectivity index (χ3n) is 2.51. The molecular formula is C13H13N5O2. The Balaban J connectivity index is 2.08. The first-order valence-electron chi connectivity index (χ1n) is 5.92. The van der Waals surface area contributed by atoms with Crippen LogP contribution >= 0.6 is 0 Å². The molecule has 7 nitrogen and oxygen atoms in total. The number of rotatable bonds is 3. The van der Waals surface area contributed by atoms with Crippen molar-refractivity contribution in [1.29, 1.82) is 0 Å². The van der Waals surface area contributed by atoms with Gasteiger partial charge in [-0.3, -0.25) is 4.79 Å². The standard InChI is InChI=1S/C13H13N5O2/c1-10(18-9-14-8-15-18)13(20)17-12-6-2-4-11(16-12)5-3-7-19/h2,4,6,8-10,19H,7H2,1H3,(H,16,17,20). The molecule has 102 valence electrons. The van der Waals surface area contributed by atoms with E-state index in [1.54, 1.807) is 25.1 Å². The van der Waals surface area contributed by atoms with Crippen molar-refractivity contribution in [2.24, 2.45) is 0 Å². The topological polar surface area (TPSA) is 92.9 Å². The highest BCUT2D eigenvalue weighted by Gasteiger charge is 2.15. The van der Waals surface area contributed by atoms with E-state index in [4.69, 9.17) is 5.11 Å². The zero-order chi connectivity index (χ0) is 14.4. The van der Waals surface area contributed by atoms with Gasteiger partial charge in [0.05, 0.1) is 0 Å². The number of carbonyl (C=O) groups is 1. The van der Waals surface area contributed by atoms with Gasteiger partial charge in [0, 0.05) is 0 Å². The third-order valence-corrected chi connectivity index (χ3v) is 2.51. The Morgan fingerprint density at radius 3 is 3.10 bits per heavy atom. The second kappa shape index (κ2) is 6.45. The van der Waals surface area contributed by atoms with E-state index in [0.29, 0.717) is 11.5 Å². The van der Waals surface area contributed by atoms with Crippen LogP contribution in [0.15, 0.2) is 30.9 Å². The summed E-state index contributed by atoms with van der Waals surface area (Å²) in [5, 5.41) is 15.2. The van der Waals surface area contributed by atoms with Gasteiger partial charge in [-0.15, -0.1) is 0 Å². The summed E-state index contributed by atoms with van der Waals surface area (Å²) in [6, 6.07) is 4.59. The van der Waals surface area contributed by atoms with Crippen molar-refractivity contribution in [3.05, 3.63) is 36.5 Å². The van der Waals surface area contributed by atoms with E-state index < -0.39 is 6.04 Å². The van der Waals surface area contributed by atoms with Crippen molar-refractivity contribution in [1.82, 2.24) is 19.7 Å². The minimum absolute atomic E-state index is 0.235. The molecule has 7 heteroatoms. The molecule has 1 atom stereocenters. The molecule has 0 aliphatic heterocycles. The van der Waals surface area contributed by atoms with Crippen molar-refractivity contribution in [2.45, 2.75) is 13.0 Å². The largest absolute Gasteiger partial charge is 0.384 e. The first kappa shape index (κ1) is 13.7. The maximum absolute atomic E-state index is 12.0. The normalized spacial score (nSPS) is 11.3. The van der Waals surface area contributed by atoms with Crippen molar-refractivity contribution in [3.63, 3.8) is 0 Å². The van der Waals surface area contributed by atoms with E-state index in [-0.39, 0.29) is 12.5 Å². The minimum Gasteiger partial charge on any atom is -0.384 e. The van der Waals surface area contributed by atoms with Crippen LogP contribution in [0.5, 0.6) is 0 Å². The van der Waals surface area contributed by atoms with Crippen LogP contribution in [0.25, 0.3) is 0 Å². The minimum atomic E-state index is -0.494. The van der Waals surface area contributed by atoms with Crippen molar-refractivity contribution in [2.75, 3.05) is 11.9 Å². The van der Waals surface area contributed by atoms with Gasteiger partial charge in [0.2, 0.25) is 5.91 Å². The lowest BCUT2D eigenvalue weighted by Gasteiger charge is -2.11. The van der Waals surface area contributed by atoms with Gasteiger partial charge in [-0.2, -0.15) is 5.10 Å². The Labute approximate surface area is 115 Å². The first-order chi connectivity index (χ1) is 9.70. The number of aromatic nitrogens is 4. The fourth-order valence-corrected chi connectivity index (χ4v) is 1.47. The van der Waals surface area contributed by atoms with E-state index >= 15 is 0 Å². The Hall–Kier alpha value is -2.72. The molecule has 2 N–H and O–H groups in total. The number of nitrogens with zero attached hydrogens (tertiary/aromatic N) is 4. The van der Waals surface area contributed by atoms with E-state index in [9.17, 15) is 4.79 Å². The molecular weight excluding hydrogens is 258 g/mol. The zero-order valence-corrected chi connectivity index (χ0v) is 10.8. The average molecular weight is 271 g/mol. The van der Waals surface area contributed by atoms with E-state index in [1.807, 2.05) is 0 Å². The van der Waals surface area contributed by atoms with Crippen LogP contribution in [0.2, 0.25) is 0 Å². The zero-order valence-electron chi connectivity index (χ0n) is 10.8. The van der Waals surface area contributed by atoms with Gasteiger partial charge in [0.15, 0.2) is 0 Å². The molecule has 0 radical (unpaired) electrons. The molecule has 0 fully saturated rings. The van der Waals surface area contributed by atoms with Crippen LogP contribution in [0.4, 0.5) is 5.82 Å². The molecule has 1 amide bonds. The number of anilines is 1. The number of aliphatic hydroxyl groups is 1. The molecule has 2 rings (SSSR count). The number of hydrogen-bond donors (Lipinski definition) is 2. The highest BCUT2D eigenvalue weighted by atomic mass is 16.2. The lowest BCUT2D eigenvalue weighted by molar-refractivity contribution is -0.119. The number of carbonyl (C=O) groups excluding carboxylic acids is 1. The molecule has 0 aliphatic rings. The molecule has 0 saturated carbocycles. The molecule has 2 aromatic rings. The number of hydrogen-bond acceptors (Lipinski definition) is 5. The molecule has 0 spiro atoms. The molecule has 2 heterocycles. The molecule has 0 aliphatic carbocycles. The van der Waals surface area contributed by atoms with Gasteiger partial charge < -0.3 is 10.4 Å².